The second kappa shape index (κ2) is 6.42. The summed E-state index contributed by atoms with van der Waals surface area (Å²) in [6, 6.07) is 0. The van der Waals surface area contributed by atoms with E-state index in [9.17, 15) is 4.79 Å². The lowest BCUT2D eigenvalue weighted by Gasteiger charge is -2.34. The lowest BCUT2D eigenvalue weighted by Crippen LogP contribution is -2.31. The molecule has 1 saturated carbocycles. The van der Waals surface area contributed by atoms with E-state index >= 15 is 0 Å². The molecule has 1 aliphatic rings. The molecule has 0 amide bonds. The molecule has 0 aliphatic heterocycles. The van der Waals surface area contributed by atoms with Crippen LogP contribution in [0.25, 0.3) is 0 Å². The summed E-state index contributed by atoms with van der Waals surface area (Å²) in [5, 5.41) is 0. The number of carbonyl (C=O) groups is 1. The van der Waals surface area contributed by atoms with Crippen molar-refractivity contribution in [1.82, 2.24) is 0 Å². The first-order valence-corrected chi connectivity index (χ1v) is 7.06. The quantitative estimate of drug-likeness (QED) is 0.624. The van der Waals surface area contributed by atoms with Gasteiger partial charge in [-0.25, -0.2) is 0 Å². The van der Waals surface area contributed by atoms with Crippen molar-refractivity contribution < 1.29 is 4.79 Å². The third kappa shape index (κ3) is 3.92. The number of carbonyl (C=O) groups excluding carboxylic acids is 1. The Hall–Kier alpha value is -0.330. The Labute approximate surface area is 101 Å². The number of rotatable bonds is 7. The van der Waals surface area contributed by atoms with Gasteiger partial charge in [-0.2, -0.15) is 0 Å². The van der Waals surface area contributed by atoms with E-state index in [-0.39, 0.29) is 5.92 Å². The Bertz CT molecular complexity index is 213. The standard InChI is InChI=1S/C15H28O/c1-11(2)7-5-10-14(13-8-6-9-13)15(16)12(3)4/h11-14H,5-10H2,1-4H3/t14-/m1/s1. The van der Waals surface area contributed by atoms with Gasteiger partial charge in [0, 0.05) is 11.8 Å². The van der Waals surface area contributed by atoms with Crippen LogP contribution in [0.3, 0.4) is 0 Å². The van der Waals surface area contributed by atoms with Gasteiger partial charge in [0.2, 0.25) is 0 Å². The maximum absolute atomic E-state index is 12.2. The summed E-state index contributed by atoms with van der Waals surface area (Å²) in [7, 11) is 0. The monoisotopic (exact) mass is 224 g/mol. The highest BCUT2D eigenvalue weighted by molar-refractivity contribution is 5.83. The van der Waals surface area contributed by atoms with Crippen LogP contribution in [0.4, 0.5) is 0 Å². The molecular weight excluding hydrogens is 196 g/mol. The van der Waals surface area contributed by atoms with Crippen molar-refractivity contribution in [3.8, 4) is 0 Å². The topological polar surface area (TPSA) is 17.1 Å². The maximum atomic E-state index is 12.2. The van der Waals surface area contributed by atoms with E-state index < -0.39 is 0 Å². The Balaban J connectivity index is 2.41. The summed E-state index contributed by atoms with van der Waals surface area (Å²) >= 11 is 0. The van der Waals surface area contributed by atoms with Gasteiger partial charge < -0.3 is 0 Å². The van der Waals surface area contributed by atoms with Crippen LogP contribution in [0.15, 0.2) is 0 Å². The molecule has 0 N–H and O–H groups in total. The molecular formula is C15H28O. The minimum absolute atomic E-state index is 0.227. The largest absolute Gasteiger partial charge is 0.299 e. The van der Waals surface area contributed by atoms with E-state index in [4.69, 9.17) is 0 Å². The average Bonchev–Trinajstić information content (AvgIpc) is 2.11. The Morgan fingerprint density at radius 1 is 1.12 bits per heavy atom. The molecule has 1 nitrogen and oxygen atoms in total. The molecule has 16 heavy (non-hydrogen) atoms. The van der Waals surface area contributed by atoms with Crippen molar-refractivity contribution in [2.24, 2.45) is 23.7 Å². The molecule has 0 aromatic rings. The van der Waals surface area contributed by atoms with Crippen molar-refractivity contribution in [3.05, 3.63) is 0 Å². The van der Waals surface area contributed by atoms with Crippen molar-refractivity contribution in [1.29, 1.82) is 0 Å². The van der Waals surface area contributed by atoms with Gasteiger partial charge in [-0.05, 0) is 31.1 Å². The molecule has 0 saturated heterocycles. The van der Waals surface area contributed by atoms with E-state index in [1.165, 1.54) is 32.1 Å². The lowest BCUT2D eigenvalue weighted by atomic mass is 9.70. The van der Waals surface area contributed by atoms with Crippen molar-refractivity contribution >= 4 is 5.78 Å². The highest BCUT2D eigenvalue weighted by Gasteiger charge is 2.32. The van der Waals surface area contributed by atoms with Crippen LogP contribution in [0.5, 0.6) is 0 Å². The summed E-state index contributed by atoms with van der Waals surface area (Å²) in [4.78, 5) is 12.2. The van der Waals surface area contributed by atoms with Crippen LogP contribution < -0.4 is 0 Å². The first-order chi connectivity index (χ1) is 7.52. The molecule has 1 rings (SSSR count). The highest BCUT2D eigenvalue weighted by atomic mass is 16.1. The molecule has 94 valence electrons. The second-order valence-corrected chi connectivity index (χ2v) is 6.18. The molecule has 1 heteroatoms. The van der Waals surface area contributed by atoms with E-state index in [0.29, 0.717) is 11.7 Å². The molecule has 0 aromatic carbocycles. The Kier molecular flexibility index (Phi) is 5.51. The molecule has 0 radical (unpaired) electrons. The molecule has 1 atom stereocenters. The predicted molar refractivity (Wildman–Crippen MR) is 69.4 cm³/mol. The average molecular weight is 224 g/mol. The van der Waals surface area contributed by atoms with Crippen LogP contribution in [0, 0.1) is 23.7 Å². The summed E-state index contributed by atoms with van der Waals surface area (Å²) in [5.74, 6) is 2.63. The first-order valence-electron chi connectivity index (χ1n) is 7.06. The minimum Gasteiger partial charge on any atom is -0.299 e. The second-order valence-electron chi connectivity index (χ2n) is 6.18. The fourth-order valence-corrected chi connectivity index (χ4v) is 2.63. The molecule has 0 spiro atoms. The summed E-state index contributed by atoms with van der Waals surface area (Å²) in [5.41, 5.74) is 0. The van der Waals surface area contributed by atoms with Crippen molar-refractivity contribution in [2.75, 3.05) is 0 Å². The number of ketones is 1. The normalized spacial score (nSPS) is 18.9. The fraction of sp³-hybridized carbons (Fsp3) is 0.933. The van der Waals surface area contributed by atoms with Gasteiger partial charge in [0.25, 0.3) is 0 Å². The predicted octanol–water partition coefficient (Wildman–Crippen LogP) is 4.45. The first kappa shape index (κ1) is 13.7. The van der Waals surface area contributed by atoms with E-state index in [2.05, 4.69) is 27.7 Å². The summed E-state index contributed by atoms with van der Waals surface area (Å²) in [6.07, 6.45) is 7.58. The van der Waals surface area contributed by atoms with Crippen LogP contribution in [0.1, 0.15) is 66.2 Å². The summed E-state index contributed by atoms with van der Waals surface area (Å²) < 4.78 is 0. The van der Waals surface area contributed by atoms with Crippen LogP contribution in [-0.2, 0) is 4.79 Å². The third-order valence-electron chi connectivity index (χ3n) is 3.95. The van der Waals surface area contributed by atoms with E-state index in [1.807, 2.05) is 0 Å². The molecule has 0 heterocycles. The fourth-order valence-electron chi connectivity index (χ4n) is 2.63. The minimum atomic E-state index is 0.227. The van der Waals surface area contributed by atoms with Crippen LogP contribution in [0.2, 0.25) is 0 Å². The number of hydrogen-bond acceptors (Lipinski definition) is 1. The molecule has 1 fully saturated rings. The molecule has 0 bridgehead atoms. The van der Waals surface area contributed by atoms with Gasteiger partial charge in [-0.15, -0.1) is 0 Å². The van der Waals surface area contributed by atoms with Gasteiger partial charge in [0.1, 0.15) is 5.78 Å². The van der Waals surface area contributed by atoms with Crippen LogP contribution >= 0.6 is 0 Å². The highest BCUT2D eigenvalue weighted by Crippen LogP contribution is 2.37. The van der Waals surface area contributed by atoms with Crippen LogP contribution in [-0.4, -0.2) is 5.78 Å². The van der Waals surface area contributed by atoms with Gasteiger partial charge in [0.15, 0.2) is 0 Å². The zero-order valence-electron chi connectivity index (χ0n) is 11.5. The molecule has 0 unspecified atom stereocenters. The number of hydrogen-bond donors (Lipinski definition) is 0. The van der Waals surface area contributed by atoms with E-state index in [1.54, 1.807) is 0 Å². The van der Waals surface area contributed by atoms with Gasteiger partial charge in [-0.3, -0.25) is 4.79 Å². The smallest absolute Gasteiger partial charge is 0.138 e. The Morgan fingerprint density at radius 2 is 1.75 bits per heavy atom. The third-order valence-corrected chi connectivity index (χ3v) is 3.95. The summed E-state index contributed by atoms with van der Waals surface area (Å²) in [6.45, 7) is 8.64. The number of Topliss-reactive ketones (excluding diaryl/α,β-unsaturated/α-hetero) is 1. The van der Waals surface area contributed by atoms with Crippen molar-refractivity contribution in [3.63, 3.8) is 0 Å². The molecule has 0 aromatic heterocycles. The zero-order chi connectivity index (χ0) is 12.1. The SMILES string of the molecule is CC(C)CCC[C@@H](C(=O)C(C)C)C1CCC1. The maximum Gasteiger partial charge on any atom is 0.138 e. The zero-order valence-corrected chi connectivity index (χ0v) is 11.5. The Morgan fingerprint density at radius 3 is 2.12 bits per heavy atom. The van der Waals surface area contributed by atoms with E-state index in [0.717, 1.165) is 18.3 Å². The molecule has 1 aliphatic carbocycles. The van der Waals surface area contributed by atoms with Gasteiger partial charge in [0.05, 0.1) is 0 Å². The van der Waals surface area contributed by atoms with Gasteiger partial charge >= 0.3 is 0 Å². The van der Waals surface area contributed by atoms with Crippen molar-refractivity contribution in [2.45, 2.75) is 66.2 Å². The lowest BCUT2D eigenvalue weighted by molar-refractivity contribution is -0.129. The van der Waals surface area contributed by atoms with Gasteiger partial charge in [-0.1, -0.05) is 47.0 Å².